The van der Waals surface area contributed by atoms with Crippen LogP contribution in [0.3, 0.4) is 0 Å². The van der Waals surface area contributed by atoms with E-state index in [9.17, 15) is 14.7 Å². The number of aliphatic hydroxyl groups excluding tert-OH is 1. The van der Waals surface area contributed by atoms with E-state index in [1.807, 2.05) is 25.8 Å². The highest BCUT2D eigenvalue weighted by Gasteiger charge is 2.29. The van der Waals surface area contributed by atoms with Crippen LogP contribution in [0.25, 0.3) is 0 Å². The maximum atomic E-state index is 12.0. The number of hydrogen-bond acceptors (Lipinski definition) is 5. The summed E-state index contributed by atoms with van der Waals surface area (Å²) in [6.45, 7) is 5.03. The van der Waals surface area contributed by atoms with E-state index < -0.39 is 12.0 Å². The molecule has 1 atom stereocenters. The Balaban J connectivity index is 2.36. The van der Waals surface area contributed by atoms with Crippen molar-refractivity contribution in [3.63, 3.8) is 0 Å². The van der Waals surface area contributed by atoms with E-state index in [1.165, 1.54) is 7.11 Å². The van der Waals surface area contributed by atoms with E-state index in [0.717, 1.165) is 19.4 Å². The van der Waals surface area contributed by atoms with Crippen LogP contribution in [0.4, 0.5) is 0 Å². The van der Waals surface area contributed by atoms with Crippen LogP contribution in [-0.2, 0) is 14.3 Å². The molecule has 0 aromatic carbocycles. The van der Waals surface area contributed by atoms with Gasteiger partial charge in [-0.05, 0) is 38.1 Å². The molecule has 6 nitrogen and oxygen atoms in total. The monoisotopic (exact) mass is 300 g/mol. The first-order valence-corrected chi connectivity index (χ1v) is 7.55. The summed E-state index contributed by atoms with van der Waals surface area (Å²) in [6, 6.07) is -0.582. The number of esters is 1. The summed E-state index contributed by atoms with van der Waals surface area (Å²) in [5.41, 5.74) is 0. The number of carbonyl (C=O) groups is 2. The van der Waals surface area contributed by atoms with E-state index in [4.69, 9.17) is 4.74 Å². The van der Waals surface area contributed by atoms with Crippen molar-refractivity contribution in [2.75, 3.05) is 27.2 Å². The fourth-order valence-electron chi connectivity index (χ4n) is 2.67. The van der Waals surface area contributed by atoms with Crippen LogP contribution in [0.15, 0.2) is 0 Å². The molecule has 1 amide bonds. The number of amides is 1. The van der Waals surface area contributed by atoms with E-state index in [-0.39, 0.29) is 18.6 Å². The van der Waals surface area contributed by atoms with Gasteiger partial charge < -0.3 is 15.2 Å². The normalized spacial score (nSPS) is 22.8. The topological polar surface area (TPSA) is 78.9 Å². The van der Waals surface area contributed by atoms with Gasteiger partial charge in [0, 0.05) is 6.54 Å². The Labute approximate surface area is 126 Å². The highest BCUT2D eigenvalue weighted by atomic mass is 16.5. The van der Waals surface area contributed by atoms with Gasteiger partial charge in [0.2, 0.25) is 5.91 Å². The fourth-order valence-corrected chi connectivity index (χ4v) is 2.67. The fraction of sp³-hybridized carbons (Fsp3) is 0.867. The number of likely N-dealkylation sites (N-methyl/N-ethyl adjacent to an activating group) is 1. The number of carbonyl (C=O) groups excluding carboxylic acids is 2. The summed E-state index contributed by atoms with van der Waals surface area (Å²) in [6.07, 6.45) is 2.01. The lowest BCUT2D eigenvalue weighted by Crippen LogP contribution is -2.47. The average Bonchev–Trinajstić information content (AvgIpc) is 2.34. The minimum atomic E-state index is -0.582. The van der Waals surface area contributed by atoms with Crippen molar-refractivity contribution in [2.45, 2.75) is 45.3 Å². The van der Waals surface area contributed by atoms with Crippen LogP contribution >= 0.6 is 0 Å². The van der Waals surface area contributed by atoms with E-state index in [0.29, 0.717) is 18.3 Å². The van der Waals surface area contributed by atoms with Gasteiger partial charge in [0.05, 0.1) is 19.8 Å². The Bertz CT molecular complexity index is 354. The molecule has 0 bridgehead atoms. The molecule has 1 fully saturated rings. The van der Waals surface area contributed by atoms with Crippen LogP contribution in [-0.4, -0.2) is 61.3 Å². The van der Waals surface area contributed by atoms with Crippen molar-refractivity contribution in [2.24, 2.45) is 11.8 Å². The van der Waals surface area contributed by atoms with Crippen LogP contribution in [0.1, 0.15) is 33.1 Å². The van der Waals surface area contributed by atoms with Gasteiger partial charge >= 0.3 is 5.97 Å². The lowest BCUT2D eigenvalue weighted by Gasteiger charge is -2.34. The standard InChI is InChI=1S/C15H28N2O4/c1-10(2)5-13(15(20)21-4)16-14(19)9-17(3)8-11-6-12(18)7-11/h10-13,18H,5-9H2,1-4H3,(H,16,19). The van der Waals surface area contributed by atoms with Crippen LogP contribution < -0.4 is 5.32 Å². The molecule has 0 saturated heterocycles. The molecule has 122 valence electrons. The minimum absolute atomic E-state index is 0.173. The number of aliphatic hydroxyl groups is 1. The maximum absolute atomic E-state index is 12.0. The SMILES string of the molecule is COC(=O)C(CC(C)C)NC(=O)CN(C)CC1CC(O)C1. The summed E-state index contributed by atoms with van der Waals surface area (Å²) in [5, 5.41) is 12.0. The molecule has 0 spiro atoms. The first-order valence-electron chi connectivity index (χ1n) is 7.55. The van der Waals surface area contributed by atoms with Gasteiger partial charge in [0.25, 0.3) is 0 Å². The van der Waals surface area contributed by atoms with Crippen molar-refractivity contribution in [1.29, 1.82) is 0 Å². The molecule has 0 heterocycles. The molecule has 1 saturated carbocycles. The second-order valence-electron chi connectivity index (χ2n) is 6.46. The molecule has 0 aromatic heterocycles. The van der Waals surface area contributed by atoms with Gasteiger partial charge in [-0.3, -0.25) is 9.69 Å². The van der Waals surface area contributed by atoms with Crippen LogP contribution in [0, 0.1) is 11.8 Å². The highest BCUT2D eigenvalue weighted by Crippen LogP contribution is 2.27. The Morgan fingerprint density at radius 3 is 2.48 bits per heavy atom. The molecule has 6 heteroatoms. The van der Waals surface area contributed by atoms with Crippen molar-refractivity contribution in [3.05, 3.63) is 0 Å². The molecule has 1 aliphatic carbocycles. The lowest BCUT2D eigenvalue weighted by molar-refractivity contribution is -0.145. The van der Waals surface area contributed by atoms with Gasteiger partial charge in [-0.2, -0.15) is 0 Å². The molecular formula is C15H28N2O4. The maximum Gasteiger partial charge on any atom is 0.328 e. The Morgan fingerprint density at radius 1 is 1.38 bits per heavy atom. The smallest absolute Gasteiger partial charge is 0.328 e. The van der Waals surface area contributed by atoms with Crippen molar-refractivity contribution in [3.8, 4) is 0 Å². The van der Waals surface area contributed by atoms with Gasteiger partial charge in [0.1, 0.15) is 6.04 Å². The van der Waals surface area contributed by atoms with E-state index in [1.54, 1.807) is 0 Å². The van der Waals surface area contributed by atoms with Gasteiger partial charge in [0.15, 0.2) is 0 Å². The van der Waals surface area contributed by atoms with Crippen molar-refractivity contribution < 1.29 is 19.4 Å². The largest absolute Gasteiger partial charge is 0.467 e. The summed E-state index contributed by atoms with van der Waals surface area (Å²) in [5.74, 6) is 0.184. The Kier molecular flexibility index (Phi) is 7.11. The zero-order chi connectivity index (χ0) is 16.0. The van der Waals surface area contributed by atoms with Crippen LogP contribution in [0.5, 0.6) is 0 Å². The predicted molar refractivity (Wildman–Crippen MR) is 79.6 cm³/mol. The van der Waals surface area contributed by atoms with E-state index in [2.05, 4.69) is 5.32 Å². The predicted octanol–water partition coefficient (Wildman–Crippen LogP) is 0.393. The quantitative estimate of drug-likeness (QED) is 0.634. The second-order valence-corrected chi connectivity index (χ2v) is 6.46. The number of hydrogen-bond donors (Lipinski definition) is 2. The summed E-state index contributed by atoms with van der Waals surface area (Å²) >= 11 is 0. The summed E-state index contributed by atoms with van der Waals surface area (Å²) < 4.78 is 4.73. The third-order valence-corrected chi connectivity index (χ3v) is 3.72. The highest BCUT2D eigenvalue weighted by molar-refractivity contribution is 5.85. The van der Waals surface area contributed by atoms with Gasteiger partial charge in [-0.15, -0.1) is 0 Å². The molecular weight excluding hydrogens is 272 g/mol. The van der Waals surface area contributed by atoms with E-state index >= 15 is 0 Å². The molecule has 0 aliphatic heterocycles. The number of ether oxygens (including phenoxy) is 1. The number of nitrogens with one attached hydrogen (secondary N) is 1. The third kappa shape index (κ3) is 6.44. The second kappa shape index (κ2) is 8.34. The lowest BCUT2D eigenvalue weighted by atomic mass is 9.82. The Morgan fingerprint density at radius 2 is 2.00 bits per heavy atom. The number of methoxy groups -OCH3 is 1. The first-order chi connectivity index (χ1) is 9.81. The zero-order valence-electron chi connectivity index (χ0n) is 13.5. The summed E-state index contributed by atoms with van der Waals surface area (Å²) in [4.78, 5) is 25.6. The molecule has 0 radical (unpaired) electrons. The first kappa shape index (κ1) is 17.9. The molecule has 1 unspecified atom stereocenters. The summed E-state index contributed by atoms with van der Waals surface area (Å²) in [7, 11) is 3.20. The van der Waals surface area contributed by atoms with Gasteiger partial charge in [-0.1, -0.05) is 13.8 Å². The molecule has 2 N–H and O–H groups in total. The zero-order valence-corrected chi connectivity index (χ0v) is 13.5. The minimum Gasteiger partial charge on any atom is -0.467 e. The van der Waals surface area contributed by atoms with Gasteiger partial charge in [-0.25, -0.2) is 4.79 Å². The molecule has 1 rings (SSSR count). The Hall–Kier alpha value is -1.14. The average molecular weight is 300 g/mol. The number of rotatable bonds is 8. The third-order valence-electron chi connectivity index (χ3n) is 3.72. The van der Waals surface area contributed by atoms with Crippen LogP contribution in [0.2, 0.25) is 0 Å². The van der Waals surface area contributed by atoms with Crippen molar-refractivity contribution in [1.82, 2.24) is 10.2 Å². The number of nitrogens with zero attached hydrogens (tertiary/aromatic N) is 1. The van der Waals surface area contributed by atoms with Crippen molar-refractivity contribution >= 4 is 11.9 Å². The molecule has 1 aliphatic rings. The molecule has 21 heavy (non-hydrogen) atoms. The molecule has 0 aromatic rings.